The number of aromatic nitrogens is 2. The number of hydrogen-bond acceptors (Lipinski definition) is 8. The molecule has 4 aromatic rings. The number of hydrogen-bond donors (Lipinski definition) is 1. The fourth-order valence-electron chi connectivity index (χ4n) is 3.86. The lowest BCUT2D eigenvalue weighted by Gasteiger charge is -2.26. The molecule has 5 rings (SSSR count). The van der Waals surface area contributed by atoms with Gasteiger partial charge in [0.15, 0.2) is 19.9 Å². The summed E-state index contributed by atoms with van der Waals surface area (Å²) in [7, 11) is -3.33. The third-order valence-electron chi connectivity index (χ3n) is 5.36. The maximum absolute atomic E-state index is 13.3. The van der Waals surface area contributed by atoms with Crippen LogP contribution in [0.3, 0.4) is 0 Å². The molecular weight excluding hydrogens is 466 g/mol. The molecule has 0 saturated heterocycles. The van der Waals surface area contributed by atoms with E-state index in [0.717, 1.165) is 20.3 Å². The van der Waals surface area contributed by atoms with Crippen molar-refractivity contribution in [3.63, 3.8) is 0 Å². The summed E-state index contributed by atoms with van der Waals surface area (Å²) >= 11 is 3.01. The normalized spacial score (nSPS) is 17.2. The number of fused-ring (bicyclic) bond motifs is 2. The minimum atomic E-state index is -3.33. The molecule has 1 aliphatic rings. The number of para-hydroxylation sites is 1. The molecule has 0 spiro atoms. The summed E-state index contributed by atoms with van der Waals surface area (Å²) in [5.41, 5.74) is 2.03. The van der Waals surface area contributed by atoms with Crippen LogP contribution in [0, 0.1) is 6.92 Å². The molecule has 3 heterocycles. The van der Waals surface area contributed by atoms with Crippen LogP contribution >= 0.6 is 23.1 Å². The van der Waals surface area contributed by atoms with Gasteiger partial charge in [-0.1, -0.05) is 59.5 Å². The topological polar surface area (TPSA) is 102 Å². The van der Waals surface area contributed by atoms with Gasteiger partial charge in [-0.2, -0.15) is 0 Å². The summed E-state index contributed by atoms with van der Waals surface area (Å²) < 4.78 is 31.6. The summed E-state index contributed by atoms with van der Waals surface area (Å²) in [6.45, 7) is 1.90. The Labute approximate surface area is 193 Å². The van der Waals surface area contributed by atoms with Crippen molar-refractivity contribution in [2.45, 2.75) is 34.4 Å². The summed E-state index contributed by atoms with van der Waals surface area (Å²) in [5.74, 6) is 0.383. The van der Waals surface area contributed by atoms with Crippen LogP contribution < -0.4 is 5.32 Å². The third kappa shape index (κ3) is 3.94. The van der Waals surface area contributed by atoms with Gasteiger partial charge in [0.1, 0.15) is 10.6 Å². The van der Waals surface area contributed by atoms with Gasteiger partial charge >= 0.3 is 0 Å². The van der Waals surface area contributed by atoms with E-state index < -0.39 is 15.9 Å². The van der Waals surface area contributed by atoms with Gasteiger partial charge in [0, 0.05) is 16.7 Å². The number of nitrogens with one attached hydrogen (secondary N) is 1. The van der Waals surface area contributed by atoms with Crippen molar-refractivity contribution in [1.82, 2.24) is 15.5 Å². The first-order chi connectivity index (χ1) is 15.4. The van der Waals surface area contributed by atoms with Crippen molar-refractivity contribution >= 4 is 49.8 Å². The zero-order chi connectivity index (χ0) is 22.3. The number of nitrogens with zero attached hydrogens (tertiary/aromatic N) is 2. The van der Waals surface area contributed by atoms with Crippen molar-refractivity contribution in [3.8, 4) is 0 Å². The van der Waals surface area contributed by atoms with Crippen LogP contribution in [-0.4, -0.2) is 30.3 Å². The van der Waals surface area contributed by atoms with Crippen molar-refractivity contribution in [1.29, 1.82) is 0 Å². The quantitative estimate of drug-likeness (QED) is 0.414. The summed E-state index contributed by atoms with van der Waals surface area (Å²) in [5, 5.41) is 12.9. The lowest BCUT2D eigenvalue weighted by atomic mass is 10.0. The lowest BCUT2D eigenvalue weighted by molar-refractivity contribution is 0.0907. The SMILES string of the molecule is Cc1nnc(SCc2c(C(=O)NC3CCS(=O)(=O)c4ccccc43)oc3ccccc23)s1. The first-order valence-electron chi connectivity index (χ1n) is 9.98. The molecule has 1 amide bonds. The predicted molar refractivity (Wildman–Crippen MR) is 124 cm³/mol. The Bertz CT molecular complexity index is 1430. The number of carbonyl (C=O) groups is 1. The summed E-state index contributed by atoms with van der Waals surface area (Å²) in [6.07, 6.45) is 0.319. The Hall–Kier alpha value is -2.69. The molecule has 2 aromatic carbocycles. The lowest BCUT2D eigenvalue weighted by Crippen LogP contribution is -2.34. The van der Waals surface area contributed by atoms with E-state index in [2.05, 4.69) is 15.5 Å². The van der Waals surface area contributed by atoms with Gasteiger partial charge in [-0.25, -0.2) is 8.42 Å². The molecule has 0 aliphatic carbocycles. The molecule has 0 bridgehead atoms. The van der Waals surface area contributed by atoms with Crippen LogP contribution in [0.25, 0.3) is 11.0 Å². The van der Waals surface area contributed by atoms with Gasteiger partial charge in [0.05, 0.1) is 16.7 Å². The van der Waals surface area contributed by atoms with Crippen LogP contribution in [-0.2, 0) is 15.6 Å². The molecule has 7 nitrogen and oxygen atoms in total. The van der Waals surface area contributed by atoms with E-state index in [4.69, 9.17) is 4.42 Å². The second-order valence-corrected chi connectivity index (χ2v) is 11.9. The van der Waals surface area contributed by atoms with E-state index in [1.54, 1.807) is 24.3 Å². The Morgan fingerprint density at radius 1 is 1.19 bits per heavy atom. The van der Waals surface area contributed by atoms with Crippen molar-refractivity contribution in [3.05, 3.63) is 70.4 Å². The Balaban J connectivity index is 1.46. The average Bonchev–Trinajstić information content (AvgIpc) is 3.37. The van der Waals surface area contributed by atoms with Crippen LogP contribution in [0.1, 0.15) is 39.2 Å². The number of carbonyl (C=O) groups excluding carboxylic acids is 1. The molecule has 1 unspecified atom stereocenters. The molecule has 1 atom stereocenters. The number of amides is 1. The first-order valence-corrected chi connectivity index (χ1v) is 13.4. The largest absolute Gasteiger partial charge is 0.451 e. The first kappa shape index (κ1) is 21.2. The maximum Gasteiger partial charge on any atom is 0.287 e. The highest BCUT2D eigenvalue weighted by Gasteiger charge is 2.32. The molecule has 2 aromatic heterocycles. The Morgan fingerprint density at radius 3 is 2.78 bits per heavy atom. The minimum absolute atomic E-state index is 0.00576. The fourth-order valence-corrected chi connectivity index (χ4v) is 7.32. The smallest absolute Gasteiger partial charge is 0.287 e. The van der Waals surface area contributed by atoms with Gasteiger partial charge in [-0.3, -0.25) is 4.79 Å². The van der Waals surface area contributed by atoms with E-state index in [-0.39, 0.29) is 22.3 Å². The van der Waals surface area contributed by atoms with Crippen LogP contribution in [0.5, 0.6) is 0 Å². The Morgan fingerprint density at radius 2 is 1.97 bits per heavy atom. The van der Waals surface area contributed by atoms with Crippen LogP contribution in [0.15, 0.2) is 62.2 Å². The molecule has 164 valence electrons. The molecule has 10 heteroatoms. The molecule has 0 radical (unpaired) electrons. The molecule has 0 fully saturated rings. The number of benzene rings is 2. The number of rotatable bonds is 5. The van der Waals surface area contributed by atoms with Gasteiger partial charge in [-0.05, 0) is 31.0 Å². The molecule has 0 saturated carbocycles. The highest BCUT2D eigenvalue weighted by molar-refractivity contribution is 8.00. The zero-order valence-electron chi connectivity index (χ0n) is 17.1. The molecule has 1 aliphatic heterocycles. The van der Waals surface area contributed by atoms with Gasteiger partial charge in [-0.15, -0.1) is 10.2 Å². The molecule has 32 heavy (non-hydrogen) atoms. The molecular formula is C22H19N3O4S3. The number of furan rings is 1. The van der Waals surface area contributed by atoms with E-state index in [9.17, 15) is 13.2 Å². The van der Waals surface area contributed by atoms with Crippen molar-refractivity contribution in [2.24, 2.45) is 0 Å². The fraction of sp³-hybridized carbons (Fsp3) is 0.227. The van der Waals surface area contributed by atoms with Crippen LogP contribution in [0.2, 0.25) is 0 Å². The van der Waals surface area contributed by atoms with E-state index >= 15 is 0 Å². The highest BCUT2D eigenvalue weighted by atomic mass is 32.2. The van der Waals surface area contributed by atoms with E-state index in [0.29, 0.717) is 23.3 Å². The van der Waals surface area contributed by atoms with Gasteiger partial charge < -0.3 is 9.73 Å². The molecule has 1 N–H and O–H groups in total. The van der Waals surface area contributed by atoms with Gasteiger partial charge in [0.2, 0.25) is 0 Å². The third-order valence-corrected chi connectivity index (χ3v) is 9.18. The predicted octanol–water partition coefficient (Wildman–Crippen LogP) is 4.53. The van der Waals surface area contributed by atoms with Crippen molar-refractivity contribution in [2.75, 3.05) is 5.75 Å². The number of sulfone groups is 1. The second kappa shape index (κ2) is 8.34. The number of aryl methyl sites for hydroxylation is 1. The van der Waals surface area contributed by atoms with Crippen molar-refractivity contribution < 1.29 is 17.6 Å². The average molecular weight is 486 g/mol. The number of thioether (sulfide) groups is 1. The summed E-state index contributed by atoms with van der Waals surface area (Å²) in [4.78, 5) is 13.6. The van der Waals surface area contributed by atoms with E-state index in [1.165, 1.54) is 23.1 Å². The standard InChI is InChI=1S/C22H19N3O4S3/c1-13-24-25-22(31-13)30-12-16-14-6-2-4-8-18(14)29-20(16)21(26)23-17-10-11-32(27,28)19-9-5-3-7-15(17)19/h2-9,17H,10-12H2,1H3,(H,23,26). The Kier molecular flexibility index (Phi) is 5.52. The maximum atomic E-state index is 13.3. The van der Waals surface area contributed by atoms with E-state index in [1.807, 2.05) is 31.2 Å². The second-order valence-electron chi connectivity index (χ2n) is 7.45. The highest BCUT2D eigenvalue weighted by Crippen LogP contribution is 2.35. The van der Waals surface area contributed by atoms with Crippen LogP contribution in [0.4, 0.5) is 0 Å². The van der Waals surface area contributed by atoms with Gasteiger partial charge in [0.25, 0.3) is 5.91 Å². The summed E-state index contributed by atoms with van der Waals surface area (Å²) in [6, 6.07) is 14.0. The monoisotopic (exact) mass is 485 g/mol. The zero-order valence-corrected chi connectivity index (χ0v) is 19.5. The minimum Gasteiger partial charge on any atom is -0.451 e.